The van der Waals surface area contributed by atoms with E-state index >= 15 is 0 Å². The van der Waals surface area contributed by atoms with Crippen LogP contribution in [0.25, 0.3) is 72.0 Å². The monoisotopic (exact) mass is 1080 g/mol. The topological polar surface area (TPSA) is 29.9 Å². The van der Waals surface area contributed by atoms with E-state index in [1.165, 1.54) is 38.3 Å². The molecule has 4 aliphatic heterocycles. The lowest BCUT2D eigenvalue weighted by Crippen LogP contribution is -2.64. The van der Waals surface area contributed by atoms with Crippen molar-refractivity contribution in [1.82, 2.24) is 4.57 Å². The quantitative estimate of drug-likeness (QED) is 0.149. The molecular formula is C78H49B2N3O2. The number of ether oxygens (including phenoxy) is 2. The zero-order valence-corrected chi connectivity index (χ0v) is 46.1. The molecule has 0 N–H and O–H groups in total. The summed E-state index contributed by atoms with van der Waals surface area (Å²) >= 11 is 0. The van der Waals surface area contributed by atoms with Gasteiger partial charge in [-0.1, -0.05) is 224 Å². The maximum absolute atomic E-state index is 7.46. The second kappa shape index (κ2) is 18.8. The fourth-order valence-corrected chi connectivity index (χ4v) is 14.4. The average molecular weight is 1080 g/mol. The Morgan fingerprint density at radius 2 is 0.741 bits per heavy atom. The van der Waals surface area contributed by atoms with Gasteiger partial charge in [0, 0.05) is 56.2 Å². The van der Waals surface area contributed by atoms with Crippen LogP contribution in [-0.2, 0) is 0 Å². The molecule has 14 aromatic rings. The van der Waals surface area contributed by atoms with Gasteiger partial charge in [0.2, 0.25) is 0 Å². The van der Waals surface area contributed by atoms with E-state index in [0.29, 0.717) is 0 Å². The summed E-state index contributed by atoms with van der Waals surface area (Å²) in [6.45, 7) is -0.355. The number of para-hydroxylation sites is 5. The molecule has 0 saturated carbocycles. The van der Waals surface area contributed by atoms with Crippen LogP contribution in [0.2, 0.25) is 0 Å². The summed E-state index contributed by atoms with van der Waals surface area (Å²) in [5.41, 5.74) is 25.9. The molecule has 5 heterocycles. The van der Waals surface area contributed by atoms with E-state index in [4.69, 9.17) is 9.47 Å². The van der Waals surface area contributed by atoms with E-state index < -0.39 is 0 Å². The highest BCUT2D eigenvalue weighted by Gasteiger charge is 2.48. The first-order valence-electron chi connectivity index (χ1n) is 29.3. The molecule has 0 atom stereocenters. The lowest BCUT2D eigenvalue weighted by Gasteiger charge is -2.45. The number of nitrogens with zero attached hydrogens (tertiary/aromatic N) is 3. The molecule has 0 saturated heterocycles. The van der Waals surface area contributed by atoms with Gasteiger partial charge < -0.3 is 23.8 Å². The number of rotatable bonds is 7. The Morgan fingerprint density at radius 3 is 1.40 bits per heavy atom. The summed E-state index contributed by atoms with van der Waals surface area (Å²) in [5.74, 6) is 3.31. The maximum atomic E-state index is 7.46. The molecule has 7 heteroatoms. The third kappa shape index (κ3) is 7.27. The van der Waals surface area contributed by atoms with Crippen molar-refractivity contribution in [3.8, 4) is 73.2 Å². The zero-order chi connectivity index (χ0) is 55.7. The zero-order valence-electron chi connectivity index (χ0n) is 46.1. The first-order valence-corrected chi connectivity index (χ1v) is 29.3. The van der Waals surface area contributed by atoms with Crippen molar-refractivity contribution >= 4 is 102 Å². The van der Waals surface area contributed by atoms with Gasteiger partial charge in [-0.15, -0.1) is 0 Å². The second-order valence-corrected chi connectivity index (χ2v) is 22.7. The van der Waals surface area contributed by atoms with Gasteiger partial charge in [0.1, 0.15) is 23.0 Å². The lowest BCUT2D eigenvalue weighted by atomic mass is 9.31. The Kier molecular flexibility index (Phi) is 10.5. The molecule has 13 aromatic carbocycles. The third-order valence-corrected chi connectivity index (χ3v) is 18.1. The number of anilines is 6. The Hall–Kier alpha value is -11.0. The molecule has 1 aromatic heterocycles. The third-order valence-electron chi connectivity index (χ3n) is 18.1. The van der Waals surface area contributed by atoms with Gasteiger partial charge in [-0.3, -0.25) is 0 Å². The van der Waals surface area contributed by atoms with Crippen molar-refractivity contribution in [2.45, 2.75) is 0 Å². The molecule has 18 rings (SSSR count). The normalized spacial score (nSPS) is 13.0. The fourth-order valence-electron chi connectivity index (χ4n) is 14.4. The maximum Gasteiger partial charge on any atom is 0.260 e. The van der Waals surface area contributed by atoms with Crippen LogP contribution in [-0.4, -0.2) is 18.0 Å². The Labute approximate surface area is 493 Å². The van der Waals surface area contributed by atoms with Crippen LogP contribution in [0.4, 0.5) is 34.1 Å². The van der Waals surface area contributed by atoms with E-state index in [1.54, 1.807) is 0 Å². The molecule has 0 bridgehead atoms. The lowest BCUT2D eigenvalue weighted by molar-refractivity contribution is 0.465. The van der Waals surface area contributed by atoms with E-state index in [1.807, 2.05) is 0 Å². The van der Waals surface area contributed by atoms with Gasteiger partial charge in [0.05, 0.1) is 28.1 Å². The van der Waals surface area contributed by atoms with E-state index in [2.05, 4.69) is 312 Å². The van der Waals surface area contributed by atoms with Gasteiger partial charge in [0.15, 0.2) is 0 Å². The smallest absolute Gasteiger partial charge is 0.260 e. The number of benzene rings is 13. The predicted molar refractivity (Wildman–Crippen MR) is 354 cm³/mol. The first-order chi connectivity index (χ1) is 42.2. The highest BCUT2D eigenvalue weighted by molar-refractivity contribution is 7.02. The molecular weight excluding hydrogens is 1030 g/mol. The Balaban J connectivity index is 0.963. The molecule has 0 radical (unpaired) electrons. The minimum Gasteiger partial charge on any atom is -0.458 e. The summed E-state index contributed by atoms with van der Waals surface area (Å²) in [6, 6.07) is 109. The highest BCUT2D eigenvalue weighted by atomic mass is 16.5. The number of hydrogen-bond donors (Lipinski definition) is 0. The van der Waals surface area contributed by atoms with Gasteiger partial charge in [0.25, 0.3) is 13.4 Å². The number of aromatic nitrogens is 1. The molecule has 0 fully saturated rings. The van der Waals surface area contributed by atoms with Crippen molar-refractivity contribution in [1.29, 1.82) is 0 Å². The van der Waals surface area contributed by atoms with Crippen molar-refractivity contribution < 1.29 is 9.47 Å². The van der Waals surface area contributed by atoms with Crippen LogP contribution in [0, 0.1) is 0 Å². The summed E-state index contributed by atoms with van der Waals surface area (Å²) in [5, 5.41) is 2.40. The van der Waals surface area contributed by atoms with Gasteiger partial charge in [-0.25, -0.2) is 0 Å². The van der Waals surface area contributed by atoms with Crippen molar-refractivity contribution in [2.75, 3.05) is 9.80 Å². The van der Waals surface area contributed by atoms with Crippen LogP contribution < -0.4 is 52.1 Å². The fraction of sp³-hybridized carbons (Fsp3) is 0. The largest absolute Gasteiger partial charge is 0.458 e. The van der Waals surface area contributed by atoms with Crippen LogP contribution >= 0.6 is 0 Å². The van der Waals surface area contributed by atoms with Crippen LogP contribution in [0.3, 0.4) is 0 Å². The van der Waals surface area contributed by atoms with Gasteiger partial charge in [-0.2, -0.15) is 0 Å². The minimum absolute atomic E-state index is 0.159. The van der Waals surface area contributed by atoms with Crippen molar-refractivity contribution in [2.24, 2.45) is 0 Å². The Bertz CT molecular complexity index is 5050. The first kappa shape index (κ1) is 47.6. The molecule has 5 nitrogen and oxygen atoms in total. The molecule has 4 aliphatic rings. The SMILES string of the molecule is c1ccc(-c2cc3c4c(c2)Oc2cc5c(cc2B4c2ccccc2O3)B2c3ccccc3N(c3ccccc3-c3ccccc3)c3cc(-n4c6ccccc6c6cc(-c7ccccc7)ccc64)cc(c32)N5c2ccccc2-c2ccccc2)cc1. The number of fused-ring (bicyclic) bond motifs is 11. The number of hydrogen-bond acceptors (Lipinski definition) is 4. The molecule has 394 valence electrons. The molecule has 0 unspecified atom stereocenters. The standard InChI is InChI=1S/C78H49B2N3O2/c1-5-23-50(24-6-1)54-41-42-68-60(43-54)59-33-15-20-38-67(59)81(68)56-46-71-77-72(47-56)83(66-37-19-14-32-58(66)53-29-11-4-12-30-53)70-49-74-64(80-62-35-17-22-40-73(62)84-75-44-55(45-76(85-74)78(75)80)51-25-7-2-8-26-51)48-63(70)79(77)61-34-16-21-39-69(61)82(71)65-36-18-13-31-57(65)52-27-9-3-10-28-52/h1-49H. The van der Waals surface area contributed by atoms with Crippen LogP contribution in [0.5, 0.6) is 23.0 Å². The molecule has 0 amide bonds. The van der Waals surface area contributed by atoms with Crippen molar-refractivity contribution in [3.05, 3.63) is 297 Å². The molecule has 85 heavy (non-hydrogen) atoms. The van der Waals surface area contributed by atoms with Crippen LogP contribution in [0.15, 0.2) is 297 Å². The molecule has 0 aliphatic carbocycles. The Morgan fingerprint density at radius 1 is 0.247 bits per heavy atom. The van der Waals surface area contributed by atoms with E-state index in [0.717, 1.165) is 124 Å². The summed E-state index contributed by atoms with van der Waals surface area (Å²) in [7, 11) is 0. The highest BCUT2D eigenvalue weighted by Crippen LogP contribution is 2.51. The van der Waals surface area contributed by atoms with Gasteiger partial charge in [-0.05, 0) is 127 Å². The van der Waals surface area contributed by atoms with E-state index in [-0.39, 0.29) is 13.4 Å². The minimum atomic E-state index is -0.196. The average Bonchev–Trinajstić information content (AvgIpc) is 2.61. The molecule has 0 spiro atoms. The predicted octanol–water partition coefficient (Wildman–Crippen LogP) is 16.3. The van der Waals surface area contributed by atoms with E-state index in [9.17, 15) is 0 Å². The summed E-state index contributed by atoms with van der Waals surface area (Å²) < 4.78 is 16.9. The summed E-state index contributed by atoms with van der Waals surface area (Å²) in [6.07, 6.45) is 0. The second-order valence-electron chi connectivity index (χ2n) is 22.7. The van der Waals surface area contributed by atoms with Gasteiger partial charge >= 0.3 is 0 Å². The summed E-state index contributed by atoms with van der Waals surface area (Å²) in [4.78, 5) is 5.13. The van der Waals surface area contributed by atoms with Crippen LogP contribution in [0.1, 0.15) is 0 Å². The van der Waals surface area contributed by atoms with Crippen molar-refractivity contribution in [3.63, 3.8) is 0 Å².